The van der Waals surface area contributed by atoms with Crippen molar-refractivity contribution in [1.29, 1.82) is 0 Å². The van der Waals surface area contributed by atoms with E-state index in [-0.39, 0.29) is 0 Å². The predicted octanol–water partition coefficient (Wildman–Crippen LogP) is 2.32. The number of rotatable bonds is 1. The van der Waals surface area contributed by atoms with Crippen molar-refractivity contribution in [2.24, 2.45) is 0 Å². The molecule has 0 bridgehead atoms. The van der Waals surface area contributed by atoms with E-state index >= 15 is 0 Å². The summed E-state index contributed by atoms with van der Waals surface area (Å²) in [5, 5.41) is 8.46. The summed E-state index contributed by atoms with van der Waals surface area (Å²) in [6, 6.07) is 1.85. The number of hydrogen-bond donors (Lipinski definition) is 1. The predicted molar refractivity (Wildman–Crippen MR) is 60.8 cm³/mol. The summed E-state index contributed by atoms with van der Waals surface area (Å²) >= 11 is 7.90. The molecule has 1 aromatic heterocycles. The van der Waals surface area contributed by atoms with E-state index in [1.165, 1.54) is 24.3 Å². The van der Waals surface area contributed by atoms with Crippen molar-refractivity contribution >= 4 is 29.2 Å². The molecule has 1 saturated heterocycles. The fourth-order valence-corrected chi connectivity index (χ4v) is 2.84. The smallest absolute Gasteiger partial charge is 0.164 e. The summed E-state index contributed by atoms with van der Waals surface area (Å²) in [7, 11) is 0. The number of nitrogens with zero attached hydrogens (tertiary/aromatic N) is 2. The Morgan fingerprint density at radius 3 is 2.71 bits per heavy atom. The lowest BCUT2D eigenvalue weighted by Gasteiger charge is -2.20. The molecule has 0 unspecified atom stereocenters. The Balaban J connectivity index is 2.18. The van der Waals surface area contributed by atoms with E-state index in [4.69, 9.17) is 17.3 Å². The Labute approximate surface area is 92.4 Å². The van der Waals surface area contributed by atoms with Gasteiger partial charge in [0, 0.05) is 5.92 Å². The van der Waals surface area contributed by atoms with Gasteiger partial charge < -0.3 is 5.73 Å². The number of halogens is 1. The average molecular weight is 230 g/mol. The van der Waals surface area contributed by atoms with Crippen LogP contribution in [0.5, 0.6) is 0 Å². The third kappa shape index (κ3) is 2.12. The number of nitrogen functional groups attached to an aromatic ring is 1. The average Bonchev–Trinajstić information content (AvgIpc) is 2.23. The second-order valence-corrected chi connectivity index (χ2v) is 5.02. The molecule has 0 saturated carbocycles. The number of thioether (sulfide) groups is 1. The molecule has 5 heteroatoms. The van der Waals surface area contributed by atoms with E-state index in [1.807, 2.05) is 17.8 Å². The van der Waals surface area contributed by atoms with Crippen LogP contribution >= 0.6 is 23.4 Å². The lowest BCUT2D eigenvalue weighted by molar-refractivity contribution is 0.610. The normalized spacial score (nSPS) is 18.4. The molecular weight excluding hydrogens is 218 g/mol. The number of nitrogens with two attached hydrogens (primary N) is 1. The largest absolute Gasteiger partial charge is 0.381 e. The fraction of sp³-hybridized carbons (Fsp3) is 0.556. The summed E-state index contributed by atoms with van der Waals surface area (Å²) in [5.41, 5.74) is 6.50. The third-order valence-electron chi connectivity index (χ3n) is 2.43. The highest BCUT2D eigenvalue weighted by Gasteiger charge is 2.18. The molecule has 0 aromatic carbocycles. The molecule has 0 amide bonds. The van der Waals surface area contributed by atoms with Gasteiger partial charge in [-0.05, 0) is 30.4 Å². The van der Waals surface area contributed by atoms with Gasteiger partial charge in [-0.2, -0.15) is 16.9 Å². The van der Waals surface area contributed by atoms with E-state index in [2.05, 4.69) is 10.2 Å². The van der Waals surface area contributed by atoms with Crippen LogP contribution in [0.1, 0.15) is 24.5 Å². The number of anilines is 1. The molecule has 1 fully saturated rings. The van der Waals surface area contributed by atoms with Gasteiger partial charge in [0.15, 0.2) is 5.82 Å². The molecule has 1 aliphatic heterocycles. The van der Waals surface area contributed by atoms with Gasteiger partial charge in [-0.25, -0.2) is 0 Å². The van der Waals surface area contributed by atoms with Gasteiger partial charge >= 0.3 is 0 Å². The quantitative estimate of drug-likeness (QED) is 0.803. The summed E-state index contributed by atoms with van der Waals surface area (Å²) in [4.78, 5) is 0. The van der Waals surface area contributed by atoms with Crippen LogP contribution in [0.3, 0.4) is 0 Å². The zero-order valence-electron chi connectivity index (χ0n) is 7.74. The Bertz CT molecular complexity index is 326. The van der Waals surface area contributed by atoms with Crippen LogP contribution in [0.25, 0.3) is 0 Å². The zero-order chi connectivity index (χ0) is 9.97. The van der Waals surface area contributed by atoms with Gasteiger partial charge in [-0.1, -0.05) is 11.6 Å². The molecule has 14 heavy (non-hydrogen) atoms. The Kier molecular flexibility index (Phi) is 3.13. The van der Waals surface area contributed by atoms with Crippen LogP contribution in [0, 0.1) is 0 Å². The van der Waals surface area contributed by atoms with Gasteiger partial charge in [0.1, 0.15) is 0 Å². The van der Waals surface area contributed by atoms with Crippen LogP contribution in [0.2, 0.25) is 5.02 Å². The van der Waals surface area contributed by atoms with E-state index in [0.717, 1.165) is 5.69 Å². The topological polar surface area (TPSA) is 51.8 Å². The van der Waals surface area contributed by atoms with Gasteiger partial charge in [-0.3, -0.25) is 0 Å². The van der Waals surface area contributed by atoms with Crippen molar-refractivity contribution in [3.05, 3.63) is 16.8 Å². The monoisotopic (exact) mass is 229 g/mol. The van der Waals surface area contributed by atoms with Crippen molar-refractivity contribution in [2.45, 2.75) is 18.8 Å². The fourth-order valence-electron chi connectivity index (χ4n) is 1.58. The molecule has 2 heterocycles. The molecule has 0 radical (unpaired) electrons. The van der Waals surface area contributed by atoms with Gasteiger partial charge in [0.25, 0.3) is 0 Å². The van der Waals surface area contributed by atoms with E-state index in [1.54, 1.807) is 0 Å². The molecular formula is C9H12ClN3S. The van der Waals surface area contributed by atoms with Crippen molar-refractivity contribution < 1.29 is 0 Å². The Hall–Kier alpha value is -0.480. The van der Waals surface area contributed by atoms with Crippen molar-refractivity contribution in [2.75, 3.05) is 17.2 Å². The molecule has 1 aliphatic rings. The van der Waals surface area contributed by atoms with Gasteiger partial charge in [-0.15, -0.1) is 5.10 Å². The first kappa shape index (κ1) is 10.1. The highest BCUT2D eigenvalue weighted by Crippen LogP contribution is 2.31. The van der Waals surface area contributed by atoms with Crippen molar-refractivity contribution in [1.82, 2.24) is 10.2 Å². The standard InChI is InChI=1S/C9H12ClN3S/c10-7-5-8(12-13-9(7)11)6-1-3-14-4-2-6/h5-6H,1-4H2,(H2,11,13). The second kappa shape index (κ2) is 4.36. The maximum atomic E-state index is 5.90. The molecule has 2 N–H and O–H groups in total. The van der Waals surface area contributed by atoms with E-state index in [9.17, 15) is 0 Å². The van der Waals surface area contributed by atoms with Crippen LogP contribution in [-0.4, -0.2) is 21.7 Å². The van der Waals surface area contributed by atoms with E-state index < -0.39 is 0 Å². The van der Waals surface area contributed by atoms with Crippen molar-refractivity contribution in [3.63, 3.8) is 0 Å². The summed E-state index contributed by atoms with van der Waals surface area (Å²) in [5.74, 6) is 3.24. The minimum Gasteiger partial charge on any atom is -0.381 e. The Morgan fingerprint density at radius 2 is 2.07 bits per heavy atom. The second-order valence-electron chi connectivity index (χ2n) is 3.39. The third-order valence-corrected chi connectivity index (χ3v) is 3.78. The molecule has 0 aliphatic carbocycles. The highest BCUT2D eigenvalue weighted by atomic mass is 35.5. The molecule has 1 aromatic rings. The number of aromatic nitrogens is 2. The zero-order valence-corrected chi connectivity index (χ0v) is 9.31. The Morgan fingerprint density at radius 1 is 1.36 bits per heavy atom. The van der Waals surface area contributed by atoms with Crippen LogP contribution < -0.4 is 5.73 Å². The number of hydrogen-bond acceptors (Lipinski definition) is 4. The molecule has 2 rings (SSSR count). The SMILES string of the molecule is Nc1nnc(C2CCSCC2)cc1Cl. The van der Waals surface area contributed by atoms with E-state index in [0.29, 0.717) is 16.8 Å². The minimum atomic E-state index is 0.320. The van der Waals surface area contributed by atoms with Crippen LogP contribution in [-0.2, 0) is 0 Å². The molecule has 0 atom stereocenters. The van der Waals surface area contributed by atoms with Crippen LogP contribution in [0.15, 0.2) is 6.07 Å². The maximum absolute atomic E-state index is 5.90. The molecule has 3 nitrogen and oxygen atoms in total. The molecule has 76 valence electrons. The summed E-state index contributed by atoms with van der Waals surface area (Å²) in [6.07, 6.45) is 2.33. The lowest BCUT2D eigenvalue weighted by atomic mass is 9.99. The maximum Gasteiger partial charge on any atom is 0.164 e. The van der Waals surface area contributed by atoms with Crippen LogP contribution in [0.4, 0.5) is 5.82 Å². The molecule has 0 spiro atoms. The van der Waals surface area contributed by atoms with Crippen molar-refractivity contribution in [3.8, 4) is 0 Å². The minimum absolute atomic E-state index is 0.320. The first-order valence-electron chi connectivity index (χ1n) is 4.63. The first-order chi connectivity index (χ1) is 6.77. The summed E-state index contributed by atoms with van der Waals surface area (Å²) < 4.78 is 0. The van der Waals surface area contributed by atoms with Gasteiger partial charge in [0.05, 0.1) is 10.7 Å². The highest BCUT2D eigenvalue weighted by molar-refractivity contribution is 7.99. The lowest BCUT2D eigenvalue weighted by Crippen LogP contribution is -2.10. The van der Waals surface area contributed by atoms with Gasteiger partial charge in [0.2, 0.25) is 0 Å². The summed E-state index contributed by atoms with van der Waals surface area (Å²) in [6.45, 7) is 0. The first-order valence-corrected chi connectivity index (χ1v) is 6.17.